The zero-order valence-electron chi connectivity index (χ0n) is 74.4. The number of hydrogen-bond donors (Lipinski definition) is 4. The second kappa shape index (κ2) is 37.1. The maximum Gasteiger partial charge on any atom is 0.115 e. The van der Waals surface area contributed by atoms with Crippen molar-refractivity contribution in [3.05, 3.63) is 522 Å². The van der Waals surface area contributed by atoms with E-state index in [2.05, 4.69) is 449 Å². The summed E-state index contributed by atoms with van der Waals surface area (Å²) in [5.74, 6) is 0.660. The van der Waals surface area contributed by atoms with Gasteiger partial charge in [0.25, 0.3) is 0 Å². The Bertz CT molecular complexity index is 7580. The van der Waals surface area contributed by atoms with Crippen molar-refractivity contribution in [2.24, 2.45) is 0 Å². The standard InChI is InChI=1S/C132H90O4/c133-109-69-61-99(62-70-109)127-115(89-41-17-3-18-42-89)85-117(123(93-49-25-7-26-50-93)129(127)97-57-33-11-34-58-97)105-77-103(79-107(81-105)119-83-113(87-37-13-1-14-38-87)121(91-45-21-5-22-46-91)131(101-65-73-111(135)74-66-101)125(119)95-53-29-9-30-54-95)104-78-106(118-86-116(90-43-19-4-20-44-90)128(100-63-71-110(134)72-64-100)130(98-59-35-12-36-60-98)124(118)94-51-27-8-28-52-94)82-108(80-104)120-84-114(88-39-15-2-16-40-88)122(92-47-23-6-24-48-92)132(102-67-75-112(136)76-68-102)126(120)96-55-31-10-32-56-96/h1-86,133-136H. The lowest BCUT2D eigenvalue weighted by molar-refractivity contribution is 0.475. The van der Waals surface area contributed by atoms with Gasteiger partial charge in [0, 0.05) is 0 Å². The van der Waals surface area contributed by atoms with Gasteiger partial charge in [0.2, 0.25) is 0 Å². The van der Waals surface area contributed by atoms with Crippen LogP contribution in [0.5, 0.6) is 23.0 Å². The minimum atomic E-state index is 0.160. The number of phenols is 4. The van der Waals surface area contributed by atoms with E-state index in [1.807, 2.05) is 48.5 Å². The summed E-state index contributed by atoms with van der Waals surface area (Å²) in [5, 5.41) is 45.6. The van der Waals surface area contributed by atoms with E-state index < -0.39 is 0 Å². The molecule has 22 aromatic carbocycles. The summed E-state index contributed by atoms with van der Waals surface area (Å²) < 4.78 is 0. The Kier molecular flexibility index (Phi) is 22.8. The highest BCUT2D eigenvalue weighted by Gasteiger charge is 2.32. The fraction of sp³-hybridized carbons (Fsp3) is 0. The molecule has 0 saturated carbocycles. The Morgan fingerprint density at radius 2 is 0.191 bits per heavy atom. The van der Waals surface area contributed by atoms with Crippen molar-refractivity contribution in [2.75, 3.05) is 0 Å². The van der Waals surface area contributed by atoms with Crippen LogP contribution >= 0.6 is 0 Å². The molecule has 4 nitrogen and oxygen atoms in total. The molecule has 0 amide bonds. The van der Waals surface area contributed by atoms with Crippen molar-refractivity contribution in [1.29, 1.82) is 0 Å². The minimum absolute atomic E-state index is 0.160. The lowest BCUT2D eigenvalue weighted by atomic mass is 9.76. The quantitative estimate of drug-likeness (QED) is 0.0578. The Balaban J connectivity index is 0.974. The number of aromatic hydroxyl groups is 4. The summed E-state index contributed by atoms with van der Waals surface area (Å²) in [4.78, 5) is 0. The summed E-state index contributed by atoms with van der Waals surface area (Å²) in [6.07, 6.45) is 0. The molecule has 0 spiro atoms. The van der Waals surface area contributed by atoms with Gasteiger partial charge in [-0.3, -0.25) is 0 Å². The van der Waals surface area contributed by atoms with Gasteiger partial charge in [-0.15, -0.1) is 0 Å². The Morgan fingerprint density at radius 3 is 0.346 bits per heavy atom. The van der Waals surface area contributed by atoms with Crippen LogP contribution in [0.4, 0.5) is 0 Å². The van der Waals surface area contributed by atoms with Crippen LogP contribution in [0.3, 0.4) is 0 Å². The minimum Gasteiger partial charge on any atom is -0.508 e. The van der Waals surface area contributed by atoms with E-state index in [1.54, 1.807) is 24.3 Å². The zero-order valence-corrected chi connectivity index (χ0v) is 74.4. The van der Waals surface area contributed by atoms with E-state index in [9.17, 15) is 20.4 Å². The molecule has 4 N–H and O–H groups in total. The van der Waals surface area contributed by atoms with Gasteiger partial charge < -0.3 is 20.4 Å². The van der Waals surface area contributed by atoms with Crippen molar-refractivity contribution >= 4 is 0 Å². The maximum atomic E-state index is 11.5. The highest BCUT2D eigenvalue weighted by Crippen LogP contribution is 2.59. The molecular formula is C132H90O4. The summed E-state index contributed by atoms with van der Waals surface area (Å²) in [6.45, 7) is 0. The first kappa shape index (κ1) is 83.6. The smallest absolute Gasteiger partial charge is 0.115 e. The van der Waals surface area contributed by atoms with Crippen molar-refractivity contribution in [2.45, 2.75) is 0 Å². The van der Waals surface area contributed by atoms with Crippen LogP contribution < -0.4 is 0 Å². The van der Waals surface area contributed by atoms with Gasteiger partial charge in [0.05, 0.1) is 0 Å². The molecule has 0 saturated heterocycles. The van der Waals surface area contributed by atoms with Gasteiger partial charge in [0.1, 0.15) is 23.0 Å². The van der Waals surface area contributed by atoms with Gasteiger partial charge >= 0.3 is 0 Å². The average Bonchev–Trinajstić information content (AvgIpc) is 0.726. The molecule has 0 heterocycles. The van der Waals surface area contributed by atoms with Crippen LogP contribution in [0.15, 0.2) is 522 Å². The summed E-state index contributed by atoms with van der Waals surface area (Å²) in [7, 11) is 0. The zero-order chi connectivity index (χ0) is 91.4. The normalized spacial score (nSPS) is 11.2. The molecule has 642 valence electrons. The van der Waals surface area contributed by atoms with E-state index in [1.165, 1.54) is 0 Å². The van der Waals surface area contributed by atoms with Crippen molar-refractivity contribution in [3.63, 3.8) is 0 Å². The first-order valence-electron chi connectivity index (χ1n) is 46.1. The van der Waals surface area contributed by atoms with E-state index in [-0.39, 0.29) is 23.0 Å². The number of hydrogen-bond acceptors (Lipinski definition) is 4. The lowest BCUT2D eigenvalue weighted by Crippen LogP contribution is -2.01. The second-order valence-electron chi connectivity index (χ2n) is 34.6. The predicted molar refractivity (Wildman–Crippen MR) is 567 cm³/mol. The van der Waals surface area contributed by atoms with Crippen LogP contribution in [0, 0.1) is 0 Å². The summed E-state index contributed by atoms with van der Waals surface area (Å²) in [5.41, 5.74) is 41.4. The van der Waals surface area contributed by atoms with E-state index in [0.29, 0.717) is 0 Å². The fourth-order valence-electron chi connectivity index (χ4n) is 20.1. The fourth-order valence-corrected chi connectivity index (χ4v) is 20.1. The average molecular weight is 1740 g/mol. The third kappa shape index (κ3) is 16.4. The SMILES string of the molecule is Oc1ccc(-c2c(-c3ccccc3)cc(-c3cc(-c4cc(-c5cc(-c6ccccc6)c(-c6ccc(O)cc6)c(-c6ccccc6)c5-c5ccccc5)cc(-c5cc(-c6ccccc6)c(-c6ccccc6)c(-c6ccc(O)cc6)c5-c5ccccc5)c4)cc(-c4cc(-c5ccccc5)c(-c5ccccc5)c(-c5ccc(O)cc5)c4-c4ccccc4)c3)c(-c3ccccc3)c2-c2ccccc2)cc1. The Morgan fingerprint density at radius 1 is 0.0809 bits per heavy atom. The van der Waals surface area contributed by atoms with Crippen molar-refractivity contribution in [3.8, 4) is 257 Å². The van der Waals surface area contributed by atoms with Gasteiger partial charge in [-0.05, 0) is 343 Å². The number of rotatable bonds is 21. The van der Waals surface area contributed by atoms with Gasteiger partial charge in [-0.1, -0.05) is 413 Å². The molecular weight excluding hydrogens is 1650 g/mol. The number of phenolic OH excluding ortho intramolecular Hbond substituents is 4. The molecule has 0 bridgehead atoms. The summed E-state index contributed by atoms with van der Waals surface area (Å²) in [6, 6.07) is 185. The maximum absolute atomic E-state index is 11.5. The highest BCUT2D eigenvalue weighted by molar-refractivity contribution is 6.14. The Hall–Kier alpha value is -18.0. The van der Waals surface area contributed by atoms with Crippen LogP contribution in [0.1, 0.15) is 0 Å². The van der Waals surface area contributed by atoms with Crippen molar-refractivity contribution < 1.29 is 20.4 Å². The molecule has 0 radical (unpaired) electrons. The third-order valence-electron chi connectivity index (χ3n) is 26.2. The van der Waals surface area contributed by atoms with Crippen LogP contribution in [-0.2, 0) is 0 Å². The molecule has 0 atom stereocenters. The van der Waals surface area contributed by atoms with Crippen LogP contribution in [0.25, 0.3) is 234 Å². The topological polar surface area (TPSA) is 80.9 Å². The predicted octanol–water partition coefficient (Wildman–Crippen LogP) is 35.5. The molecule has 4 heteroatoms. The highest BCUT2D eigenvalue weighted by atomic mass is 16.3. The van der Waals surface area contributed by atoms with Gasteiger partial charge in [-0.25, -0.2) is 0 Å². The number of benzene rings is 22. The first-order chi connectivity index (χ1) is 67.1. The van der Waals surface area contributed by atoms with Crippen LogP contribution in [-0.4, -0.2) is 20.4 Å². The molecule has 22 aromatic rings. The van der Waals surface area contributed by atoms with Crippen LogP contribution in [0.2, 0.25) is 0 Å². The van der Waals surface area contributed by atoms with E-state index in [4.69, 9.17) is 0 Å². The molecule has 0 aliphatic carbocycles. The van der Waals surface area contributed by atoms with E-state index >= 15 is 0 Å². The molecule has 0 unspecified atom stereocenters. The first-order valence-corrected chi connectivity index (χ1v) is 46.1. The lowest BCUT2D eigenvalue weighted by Gasteiger charge is -2.27. The second-order valence-corrected chi connectivity index (χ2v) is 34.6. The monoisotopic (exact) mass is 1740 g/mol. The van der Waals surface area contributed by atoms with Gasteiger partial charge in [-0.2, -0.15) is 0 Å². The largest absolute Gasteiger partial charge is 0.508 e. The van der Waals surface area contributed by atoms with Crippen molar-refractivity contribution in [1.82, 2.24) is 0 Å². The summed E-state index contributed by atoms with van der Waals surface area (Å²) >= 11 is 0. The molecule has 0 fully saturated rings. The Labute approximate surface area is 793 Å². The molecule has 0 aliphatic rings. The molecule has 0 aliphatic heterocycles. The molecule has 136 heavy (non-hydrogen) atoms. The van der Waals surface area contributed by atoms with E-state index in [0.717, 1.165) is 234 Å². The third-order valence-corrected chi connectivity index (χ3v) is 26.2. The molecule has 22 rings (SSSR count). The van der Waals surface area contributed by atoms with Gasteiger partial charge in [0.15, 0.2) is 0 Å². The molecule has 0 aromatic heterocycles.